The van der Waals surface area contributed by atoms with Gasteiger partial charge < -0.3 is 9.64 Å². The molecule has 0 atom stereocenters. The fourth-order valence-corrected chi connectivity index (χ4v) is 2.08. The molecule has 1 saturated heterocycles. The van der Waals surface area contributed by atoms with Crippen LogP contribution in [0.5, 0.6) is 0 Å². The number of rotatable bonds is 1. The molecule has 0 radical (unpaired) electrons. The van der Waals surface area contributed by atoms with E-state index in [1.165, 1.54) is 6.07 Å². The number of alkyl halides is 3. The maximum Gasteiger partial charge on any atom is 0.451 e. The lowest BCUT2D eigenvalue weighted by atomic mass is 10.1. The SMILES string of the molecule is CC1(C)CN(c2cc(Cl)nc(C(F)(F)F)n2)CCO1. The zero-order valence-electron chi connectivity index (χ0n) is 10.5. The average Bonchev–Trinajstić information content (AvgIpc) is 2.25. The Morgan fingerprint density at radius 3 is 2.63 bits per heavy atom. The van der Waals surface area contributed by atoms with Crippen LogP contribution in [0.4, 0.5) is 19.0 Å². The fraction of sp³-hybridized carbons (Fsp3) is 0.636. The Hall–Kier alpha value is -1.08. The molecule has 0 aromatic carbocycles. The third-order valence-electron chi connectivity index (χ3n) is 2.68. The molecule has 0 spiro atoms. The van der Waals surface area contributed by atoms with Crippen molar-refractivity contribution in [1.29, 1.82) is 0 Å². The summed E-state index contributed by atoms with van der Waals surface area (Å²) in [4.78, 5) is 8.47. The van der Waals surface area contributed by atoms with Crippen LogP contribution in [0.2, 0.25) is 5.15 Å². The van der Waals surface area contributed by atoms with Gasteiger partial charge in [-0.05, 0) is 13.8 Å². The molecule has 1 aromatic heterocycles. The standard InChI is InChI=1S/C11H13ClF3N3O/c1-10(2)6-18(3-4-19-10)8-5-7(12)16-9(17-8)11(13,14)15/h5H,3-4,6H2,1-2H3. The predicted molar refractivity (Wildman–Crippen MR) is 64.3 cm³/mol. The molecule has 0 amide bonds. The van der Waals surface area contributed by atoms with Crippen molar-refractivity contribution in [3.63, 3.8) is 0 Å². The summed E-state index contributed by atoms with van der Waals surface area (Å²) in [7, 11) is 0. The lowest BCUT2D eigenvalue weighted by Crippen LogP contribution is -2.48. The molecule has 4 nitrogen and oxygen atoms in total. The van der Waals surface area contributed by atoms with E-state index in [1.807, 2.05) is 13.8 Å². The minimum atomic E-state index is -4.61. The molecule has 0 saturated carbocycles. The third kappa shape index (κ3) is 3.48. The number of halogens is 4. The van der Waals surface area contributed by atoms with Crippen LogP contribution in [-0.4, -0.2) is 35.3 Å². The van der Waals surface area contributed by atoms with Gasteiger partial charge in [0.05, 0.1) is 12.2 Å². The van der Waals surface area contributed by atoms with Gasteiger partial charge in [-0.25, -0.2) is 9.97 Å². The second-order valence-electron chi connectivity index (χ2n) is 4.90. The molecule has 106 valence electrons. The lowest BCUT2D eigenvalue weighted by Gasteiger charge is -2.38. The maximum absolute atomic E-state index is 12.6. The van der Waals surface area contributed by atoms with Crippen LogP contribution in [-0.2, 0) is 10.9 Å². The van der Waals surface area contributed by atoms with Crippen molar-refractivity contribution < 1.29 is 17.9 Å². The molecule has 1 aliphatic heterocycles. The summed E-state index contributed by atoms with van der Waals surface area (Å²) >= 11 is 5.64. The zero-order valence-corrected chi connectivity index (χ0v) is 11.2. The summed E-state index contributed by atoms with van der Waals surface area (Å²) < 4.78 is 43.4. The number of ether oxygens (including phenoxy) is 1. The van der Waals surface area contributed by atoms with Gasteiger partial charge >= 0.3 is 6.18 Å². The van der Waals surface area contributed by atoms with Gasteiger partial charge in [-0.2, -0.15) is 13.2 Å². The third-order valence-corrected chi connectivity index (χ3v) is 2.88. The van der Waals surface area contributed by atoms with E-state index in [0.29, 0.717) is 19.7 Å². The summed E-state index contributed by atoms with van der Waals surface area (Å²) in [5.41, 5.74) is -0.436. The van der Waals surface area contributed by atoms with Crippen molar-refractivity contribution in [3.8, 4) is 0 Å². The number of hydrogen-bond donors (Lipinski definition) is 0. The molecule has 0 bridgehead atoms. The highest BCUT2D eigenvalue weighted by atomic mass is 35.5. The van der Waals surface area contributed by atoms with E-state index < -0.39 is 17.6 Å². The first-order valence-corrected chi connectivity index (χ1v) is 6.06. The molecule has 2 heterocycles. The molecule has 1 fully saturated rings. The smallest absolute Gasteiger partial charge is 0.372 e. The number of morpholine rings is 1. The van der Waals surface area contributed by atoms with Crippen molar-refractivity contribution in [2.24, 2.45) is 0 Å². The van der Waals surface area contributed by atoms with E-state index in [1.54, 1.807) is 4.90 Å². The first-order valence-electron chi connectivity index (χ1n) is 5.68. The molecule has 19 heavy (non-hydrogen) atoms. The summed E-state index contributed by atoms with van der Waals surface area (Å²) in [6, 6.07) is 1.33. The number of hydrogen-bond acceptors (Lipinski definition) is 4. The second kappa shape index (κ2) is 4.79. The molecule has 0 aliphatic carbocycles. The molecule has 2 rings (SSSR count). The minimum Gasteiger partial charge on any atom is -0.372 e. The molecule has 8 heteroatoms. The Bertz CT molecular complexity index is 479. The van der Waals surface area contributed by atoms with E-state index in [2.05, 4.69) is 9.97 Å². The largest absolute Gasteiger partial charge is 0.451 e. The Balaban J connectivity index is 2.32. The van der Waals surface area contributed by atoms with Crippen molar-refractivity contribution in [1.82, 2.24) is 9.97 Å². The zero-order chi connectivity index (χ0) is 14.3. The number of anilines is 1. The van der Waals surface area contributed by atoms with Crippen LogP contribution in [0.1, 0.15) is 19.7 Å². The second-order valence-corrected chi connectivity index (χ2v) is 5.29. The van der Waals surface area contributed by atoms with Gasteiger partial charge in [0.15, 0.2) is 0 Å². The quantitative estimate of drug-likeness (QED) is 0.747. The highest BCUT2D eigenvalue weighted by Crippen LogP contribution is 2.30. The monoisotopic (exact) mass is 295 g/mol. The Labute approximate surface area is 113 Å². The van der Waals surface area contributed by atoms with Crippen molar-refractivity contribution in [3.05, 3.63) is 17.0 Å². The van der Waals surface area contributed by atoms with Gasteiger partial charge in [0.25, 0.3) is 0 Å². The molecule has 1 aromatic rings. The van der Waals surface area contributed by atoms with Crippen LogP contribution in [0.3, 0.4) is 0 Å². The van der Waals surface area contributed by atoms with Crippen LogP contribution < -0.4 is 4.90 Å². The summed E-state index contributed by atoms with van der Waals surface area (Å²) in [6.45, 7) is 5.07. The van der Waals surface area contributed by atoms with Crippen LogP contribution in [0.25, 0.3) is 0 Å². The summed E-state index contributed by atoms with van der Waals surface area (Å²) in [5.74, 6) is -1.05. The Kier molecular flexibility index (Phi) is 3.61. The van der Waals surface area contributed by atoms with Gasteiger partial charge in [0.2, 0.25) is 5.82 Å². The van der Waals surface area contributed by atoms with Gasteiger partial charge in [0.1, 0.15) is 11.0 Å². The van der Waals surface area contributed by atoms with Crippen molar-refractivity contribution in [2.45, 2.75) is 25.6 Å². The lowest BCUT2D eigenvalue weighted by molar-refractivity contribution is -0.144. The molecule has 1 aliphatic rings. The van der Waals surface area contributed by atoms with Crippen LogP contribution in [0.15, 0.2) is 6.07 Å². The van der Waals surface area contributed by atoms with E-state index in [0.717, 1.165) is 0 Å². The highest BCUT2D eigenvalue weighted by Gasteiger charge is 2.36. The van der Waals surface area contributed by atoms with Gasteiger partial charge in [0, 0.05) is 19.2 Å². The summed E-state index contributed by atoms with van der Waals surface area (Å²) in [5, 5.41) is -0.221. The average molecular weight is 296 g/mol. The van der Waals surface area contributed by atoms with Gasteiger partial charge in [-0.3, -0.25) is 0 Å². The molecular weight excluding hydrogens is 283 g/mol. The Morgan fingerprint density at radius 1 is 1.37 bits per heavy atom. The first kappa shape index (κ1) is 14.3. The highest BCUT2D eigenvalue weighted by molar-refractivity contribution is 6.29. The molecule has 0 N–H and O–H groups in total. The fourth-order valence-electron chi connectivity index (χ4n) is 1.91. The van der Waals surface area contributed by atoms with E-state index >= 15 is 0 Å². The van der Waals surface area contributed by atoms with E-state index in [4.69, 9.17) is 16.3 Å². The number of aromatic nitrogens is 2. The van der Waals surface area contributed by atoms with Gasteiger partial charge in [-0.1, -0.05) is 11.6 Å². The van der Waals surface area contributed by atoms with Crippen molar-refractivity contribution >= 4 is 17.4 Å². The Morgan fingerprint density at radius 2 is 2.05 bits per heavy atom. The van der Waals surface area contributed by atoms with E-state index in [9.17, 15) is 13.2 Å². The minimum absolute atomic E-state index is 0.170. The van der Waals surface area contributed by atoms with Crippen LogP contribution in [0, 0.1) is 0 Å². The number of nitrogens with zero attached hydrogens (tertiary/aromatic N) is 3. The van der Waals surface area contributed by atoms with Crippen molar-refractivity contribution in [2.75, 3.05) is 24.6 Å². The normalized spacial score (nSPS) is 19.6. The van der Waals surface area contributed by atoms with Crippen LogP contribution >= 0.6 is 11.6 Å². The van der Waals surface area contributed by atoms with E-state index in [-0.39, 0.29) is 11.0 Å². The molecule has 0 unspecified atom stereocenters. The first-order chi connectivity index (χ1) is 8.67. The maximum atomic E-state index is 12.6. The topological polar surface area (TPSA) is 38.2 Å². The molecular formula is C11H13ClF3N3O. The predicted octanol–water partition coefficient (Wildman–Crippen LogP) is 2.76. The van der Waals surface area contributed by atoms with Gasteiger partial charge in [-0.15, -0.1) is 0 Å². The summed E-state index contributed by atoms with van der Waals surface area (Å²) in [6.07, 6.45) is -4.61.